The van der Waals surface area contributed by atoms with Crippen molar-refractivity contribution in [3.05, 3.63) is 0 Å². The van der Waals surface area contributed by atoms with Crippen LogP contribution >= 0.6 is 0 Å². The Morgan fingerprint density at radius 2 is 0.477 bits per heavy atom. The van der Waals surface area contributed by atoms with Crippen LogP contribution in [0, 0.1) is 0 Å². The minimum Gasteiger partial charge on any atom is -0.283 e. The predicted molar refractivity (Wildman–Crippen MR) is 82.5 cm³/mol. The van der Waals surface area contributed by atoms with Gasteiger partial charge < -0.3 is 0 Å². The third kappa shape index (κ3) is 4.64. The molecule has 0 aliphatic rings. The van der Waals surface area contributed by atoms with Crippen LogP contribution in [0.3, 0.4) is 0 Å². The monoisotopic (exact) mass is 762 g/mol. The Labute approximate surface area is 222 Å². The number of rotatable bonds is 12. The zero-order valence-corrected chi connectivity index (χ0v) is 20.0. The van der Waals surface area contributed by atoms with Crippen LogP contribution in [0.25, 0.3) is 0 Å². The maximum atomic E-state index is 14.2. The first kappa shape index (κ1) is 42.1. The van der Waals surface area contributed by atoms with E-state index in [0.29, 0.717) is 0 Å². The highest BCUT2D eigenvalue weighted by Gasteiger charge is 3.01. The first-order valence-electron chi connectivity index (χ1n) is 8.73. The van der Waals surface area contributed by atoms with E-state index in [1.807, 2.05) is 0 Å². The number of hydrogen-bond acceptors (Lipinski definition) is 4. The zero-order chi connectivity index (χ0) is 37.0. The van der Waals surface area contributed by atoms with E-state index in [1.54, 1.807) is 0 Å². The average Bonchev–Trinajstić information content (AvgIpc) is 2.74. The average molecular weight is 762 g/mol. The van der Waals surface area contributed by atoms with Crippen molar-refractivity contribution in [3.63, 3.8) is 0 Å². The molecule has 0 spiro atoms. The molecular weight excluding hydrogens is 760 g/mol. The molecule has 0 aliphatic carbocycles. The molecule has 0 aromatic rings. The Bertz CT molecular complexity index is 1330. The smallest absolute Gasteiger partial charge is 0.283 e. The summed E-state index contributed by atoms with van der Waals surface area (Å²) in [4.78, 5) is 0. The van der Waals surface area contributed by atoms with E-state index in [4.69, 9.17) is 9.11 Å². The summed E-state index contributed by atoms with van der Waals surface area (Å²) < 4.78 is 378. The minimum absolute atomic E-state index is 7.94. The molecule has 1 unspecified atom stereocenters. The summed E-state index contributed by atoms with van der Waals surface area (Å²) in [5, 5.41) is -17.4. The summed E-state index contributed by atoms with van der Waals surface area (Å²) >= 11 is 0. The number of halogens is 24. The lowest BCUT2D eigenvalue weighted by Crippen LogP contribution is -2.79. The molecule has 0 radical (unpaired) electrons. The second-order valence-electron chi connectivity index (χ2n) is 7.73. The van der Waals surface area contributed by atoms with Crippen LogP contribution in [0.1, 0.15) is 0 Å². The van der Waals surface area contributed by atoms with Gasteiger partial charge in [-0.3, -0.25) is 9.11 Å². The van der Waals surface area contributed by atoms with Crippen molar-refractivity contribution in [1.82, 2.24) is 0 Å². The van der Waals surface area contributed by atoms with Gasteiger partial charge in [0.25, 0.3) is 0 Å². The standard InChI is InChI=1S/C12H2F24O6S2/c13-1(14,3(17,18)5(21,22)7(25,26)9(29,30)11(32,33)34)2(15,16)4(19,20)6(23,24)8(27,28)10(31,43(37,38)39)12(35,36)44(40,41)42/h(H,37,38,39)(H,40,41,42). The summed E-state index contributed by atoms with van der Waals surface area (Å²) in [5.74, 6) is -86.2. The van der Waals surface area contributed by atoms with Gasteiger partial charge in [-0.25, -0.2) is 4.39 Å². The van der Waals surface area contributed by atoms with Crippen LogP contribution in [0.5, 0.6) is 0 Å². The van der Waals surface area contributed by atoms with Gasteiger partial charge in [0, 0.05) is 0 Å². The molecule has 1 atom stereocenters. The minimum atomic E-state index is -9.89. The summed E-state index contributed by atoms with van der Waals surface area (Å²) in [5.41, 5.74) is 0. The Kier molecular flexibility index (Phi) is 9.41. The molecule has 0 aliphatic heterocycles. The third-order valence-electron chi connectivity index (χ3n) is 4.97. The van der Waals surface area contributed by atoms with Crippen molar-refractivity contribution in [2.45, 2.75) is 69.7 Å². The maximum Gasteiger partial charge on any atom is 0.460 e. The van der Waals surface area contributed by atoms with E-state index in [1.165, 1.54) is 0 Å². The Balaban J connectivity index is 7.84. The maximum absolute atomic E-state index is 14.2. The molecule has 0 aromatic carbocycles. The normalized spacial score (nSPS) is 18.3. The molecule has 2 N–H and O–H groups in total. The van der Waals surface area contributed by atoms with Gasteiger partial charge in [0.05, 0.1) is 0 Å². The Morgan fingerprint density at radius 3 is 0.636 bits per heavy atom. The lowest BCUT2D eigenvalue weighted by molar-refractivity contribution is -0.476. The number of hydrogen-bond donors (Lipinski definition) is 2. The molecule has 0 bridgehead atoms. The molecule has 0 rings (SSSR count). The number of alkyl halides is 24. The van der Waals surface area contributed by atoms with Crippen LogP contribution in [0.4, 0.5) is 105 Å². The molecule has 0 heterocycles. The Morgan fingerprint density at radius 1 is 0.295 bits per heavy atom. The van der Waals surface area contributed by atoms with Crippen molar-refractivity contribution >= 4 is 20.2 Å². The molecule has 44 heavy (non-hydrogen) atoms. The SMILES string of the molecule is O=S(=O)(O)C(F)(F)C(F)(C(F)(F)C(F)(F)C(F)(F)C(F)(F)C(F)(F)C(F)(F)C(F)(F)C(F)(F)C(F)(F)C(F)(F)F)S(=O)(=O)O. The highest BCUT2D eigenvalue weighted by atomic mass is 32.2. The lowest BCUT2D eigenvalue weighted by atomic mass is 9.85. The summed E-state index contributed by atoms with van der Waals surface area (Å²) in [6, 6.07) is 0. The largest absolute Gasteiger partial charge is 0.460 e. The van der Waals surface area contributed by atoms with Gasteiger partial charge in [-0.2, -0.15) is 118 Å². The zero-order valence-electron chi connectivity index (χ0n) is 18.4. The Hall–Kier alpha value is -1.86. The van der Waals surface area contributed by atoms with Crippen molar-refractivity contribution in [2.24, 2.45) is 0 Å². The van der Waals surface area contributed by atoms with E-state index in [9.17, 15) is 122 Å². The van der Waals surface area contributed by atoms with Crippen LogP contribution in [0.15, 0.2) is 0 Å². The van der Waals surface area contributed by atoms with Gasteiger partial charge in [0.15, 0.2) is 0 Å². The lowest BCUT2D eigenvalue weighted by Gasteiger charge is -2.46. The van der Waals surface area contributed by atoms with Crippen molar-refractivity contribution in [2.75, 3.05) is 0 Å². The van der Waals surface area contributed by atoms with E-state index in [-0.39, 0.29) is 0 Å². The topological polar surface area (TPSA) is 109 Å². The first-order valence-corrected chi connectivity index (χ1v) is 11.6. The fourth-order valence-electron chi connectivity index (χ4n) is 2.42. The fraction of sp³-hybridized carbons (Fsp3) is 1.00. The van der Waals surface area contributed by atoms with E-state index >= 15 is 0 Å². The molecule has 32 heteroatoms. The molecule has 0 aromatic heterocycles. The van der Waals surface area contributed by atoms with Crippen molar-refractivity contribution < 1.29 is 131 Å². The van der Waals surface area contributed by atoms with Crippen LogP contribution < -0.4 is 0 Å². The van der Waals surface area contributed by atoms with Gasteiger partial charge in [0.1, 0.15) is 0 Å². The van der Waals surface area contributed by atoms with Gasteiger partial charge in [-0.15, -0.1) is 0 Å². The fourth-order valence-corrected chi connectivity index (χ4v) is 4.27. The molecule has 0 saturated heterocycles. The summed E-state index contributed by atoms with van der Waals surface area (Å²) in [7, 11) is -17.5. The molecule has 266 valence electrons. The molecule has 0 fully saturated rings. The first-order chi connectivity index (χ1) is 18.2. The van der Waals surface area contributed by atoms with Gasteiger partial charge in [-0.1, -0.05) is 0 Å². The van der Waals surface area contributed by atoms with Gasteiger partial charge in [-0.05, 0) is 0 Å². The highest BCUT2D eigenvalue weighted by molar-refractivity contribution is 7.91. The van der Waals surface area contributed by atoms with E-state index in [0.717, 1.165) is 0 Å². The van der Waals surface area contributed by atoms with Crippen molar-refractivity contribution in [1.29, 1.82) is 0 Å². The molecule has 0 amide bonds. The molecule has 0 saturated carbocycles. The molecule has 6 nitrogen and oxygen atoms in total. The van der Waals surface area contributed by atoms with E-state index < -0.39 is 90.0 Å². The van der Waals surface area contributed by atoms with Crippen LogP contribution in [-0.4, -0.2) is 95.7 Å². The second-order valence-corrected chi connectivity index (χ2v) is 10.7. The summed E-state index contributed by atoms with van der Waals surface area (Å²) in [6.45, 7) is 0. The molecular formula is C12H2F24O6S2. The highest BCUT2D eigenvalue weighted by Crippen LogP contribution is 2.68. The van der Waals surface area contributed by atoms with Gasteiger partial charge >= 0.3 is 90.0 Å². The van der Waals surface area contributed by atoms with Crippen LogP contribution in [0.2, 0.25) is 0 Å². The summed E-state index contributed by atoms with van der Waals surface area (Å²) in [6.07, 6.45) is -8.27. The van der Waals surface area contributed by atoms with Crippen molar-refractivity contribution in [3.8, 4) is 0 Å². The predicted octanol–water partition coefficient (Wildman–Crippen LogP) is 6.30. The van der Waals surface area contributed by atoms with Crippen LogP contribution in [-0.2, 0) is 20.2 Å². The van der Waals surface area contributed by atoms with E-state index in [2.05, 4.69) is 0 Å². The van der Waals surface area contributed by atoms with Gasteiger partial charge in [0.2, 0.25) is 0 Å². The second kappa shape index (κ2) is 9.82. The quantitative estimate of drug-likeness (QED) is 0.179. The third-order valence-corrected chi connectivity index (χ3v) is 7.25.